The number of benzene rings is 1. The second-order valence-corrected chi connectivity index (χ2v) is 3.70. The van der Waals surface area contributed by atoms with E-state index in [4.69, 9.17) is 15.2 Å². The Balaban J connectivity index is 2.62. The topological polar surface area (TPSA) is 88.1 Å². The summed E-state index contributed by atoms with van der Waals surface area (Å²) in [6.45, 7) is 2.18. The van der Waals surface area contributed by atoms with Crippen LogP contribution in [0.3, 0.4) is 0 Å². The van der Waals surface area contributed by atoms with Gasteiger partial charge in [0.1, 0.15) is 17.2 Å². The van der Waals surface area contributed by atoms with Gasteiger partial charge in [0.05, 0.1) is 20.8 Å². The summed E-state index contributed by atoms with van der Waals surface area (Å²) in [5, 5.41) is 11.4. The molecule has 0 fully saturated rings. The van der Waals surface area contributed by atoms with E-state index in [1.807, 2.05) is 19.1 Å². The molecular formula is C11H15N5O2. The third-order valence-electron chi connectivity index (χ3n) is 2.64. The maximum atomic E-state index is 5.59. The molecule has 0 amide bonds. The quantitative estimate of drug-likeness (QED) is 0.846. The first kappa shape index (κ1) is 12.3. The van der Waals surface area contributed by atoms with Crippen molar-refractivity contribution in [2.24, 2.45) is 5.73 Å². The van der Waals surface area contributed by atoms with E-state index in [2.05, 4.69) is 15.5 Å². The van der Waals surface area contributed by atoms with E-state index in [-0.39, 0.29) is 6.54 Å². The average Bonchev–Trinajstić information content (AvgIpc) is 2.86. The maximum Gasteiger partial charge on any atom is 0.170 e. The molecule has 0 aliphatic heterocycles. The lowest BCUT2D eigenvalue weighted by Gasteiger charge is -2.13. The number of nitrogens with zero attached hydrogens (tertiary/aromatic N) is 4. The lowest BCUT2D eigenvalue weighted by atomic mass is 10.2. The van der Waals surface area contributed by atoms with Crippen LogP contribution in [0.1, 0.15) is 11.4 Å². The Bertz CT molecular complexity index is 552. The molecule has 1 heterocycles. The molecule has 7 nitrogen and oxygen atoms in total. The normalized spacial score (nSPS) is 10.4. The van der Waals surface area contributed by atoms with E-state index in [1.165, 1.54) is 0 Å². The van der Waals surface area contributed by atoms with Crippen LogP contribution in [-0.2, 0) is 6.54 Å². The number of rotatable bonds is 4. The first-order valence-corrected chi connectivity index (χ1v) is 5.41. The highest BCUT2D eigenvalue weighted by atomic mass is 16.5. The van der Waals surface area contributed by atoms with E-state index < -0.39 is 0 Å². The van der Waals surface area contributed by atoms with Gasteiger partial charge in [-0.1, -0.05) is 0 Å². The van der Waals surface area contributed by atoms with Gasteiger partial charge in [0.15, 0.2) is 5.82 Å². The molecule has 0 saturated heterocycles. The zero-order valence-electron chi connectivity index (χ0n) is 10.5. The van der Waals surface area contributed by atoms with Gasteiger partial charge in [-0.25, -0.2) is 0 Å². The first-order valence-electron chi connectivity index (χ1n) is 5.41. The van der Waals surface area contributed by atoms with Crippen molar-refractivity contribution in [3.05, 3.63) is 23.5 Å². The van der Waals surface area contributed by atoms with Gasteiger partial charge in [-0.2, -0.15) is 4.68 Å². The smallest absolute Gasteiger partial charge is 0.170 e. The Labute approximate surface area is 104 Å². The van der Waals surface area contributed by atoms with Gasteiger partial charge in [0, 0.05) is 6.07 Å². The van der Waals surface area contributed by atoms with E-state index in [1.54, 1.807) is 18.9 Å². The van der Waals surface area contributed by atoms with Gasteiger partial charge < -0.3 is 15.2 Å². The van der Waals surface area contributed by atoms with Crippen LogP contribution in [-0.4, -0.2) is 34.4 Å². The monoisotopic (exact) mass is 249 g/mol. The molecule has 0 saturated carbocycles. The van der Waals surface area contributed by atoms with Crippen LogP contribution < -0.4 is 15.2 Å². The van der Waals surface area contributed by atoms with E-state index in [9.17, 15) is 0 Å². The highest BCUT2D eigenvalue weighted by Crippen LogP contribution is 2.30. The highest BCUT2D eigenvalue weighted by molar-refractivity contribution is 5.54. The fourth-order valence-corrected chi connectivity index (χ4v) is 1.72. The Morgan fingerprint density at radius 2 is 1.94 bits per heavy atom. The molecule has 7 heteroatoms. The van der Waals surface area contributed by atoms with Crippen molar-refractivity contribution in [1.82, 2.24) is 20.2 Å². The summed E-state index contributed by atoms with van der Waals surface area (Å²) in [5.74, 6) is 1.96. The number of ether oxygens (including phenoxy) is 2. The lowest BCUT2D eigenvalue weighted by Crippen LogP contribution is -2.09. The van der Waals surface area contributed by atoms with Gasteiger partial charge in [-0.15, -0.1) is 5.10 Å². The van der Waals surface area contributed by atoms with E-state index >= 15 is 0 Å². The van der Waals surface area contributed by atoms with Crippen LogP contribution in [0.25, 0.3) is 5.69 Å². The van der Waals surface area contributed by atoms with Crippen LogP contribution in [0, 0.1) is 6.92 Å². The zero-order valence-corrected chi connectivity index (χ0v) is 10.5. The lowest BCUT2D eigenvalue weighted by molar-refractivity contribution is 0.397. The van der Waals surface area contributed by atoms with Crippen molar-refractivity contribution in [3.63, 3.8) is 0 Å². The van der Waals surface area contributed by atoms with Crippen molar-refractivity contribution in [2.75, 3.05) is 14.2 Å². The predicted molar refractivity (Wildman–Crippen MR) is 64.9 cm³/mol. The van der Waals surface area contributed by atoms with Crippen molar-refractivity contribution >= 4 is 0 Å². The van der Waals surface area contributed by atoms with Crippen molar-refractivity contribution in [2.45, 2.75) is 13.5 Å². The number of nitrogens with two attached hydrogens (primary N) is 1. The summed E-state index contributed by atoms with van der Waals surface area (Å²) in [7, 11) is 3.21. The second-order valence-electron chi connectivity index (χ2n) is 3.70. The molecule has 1 aromatic heterocycles. The standard InChI is InChI=1S/C11H15N5O2/c1-7-4-10(18-3)8(5-9(7)17-2)16-11(6-12)13-14-15-16/h4-5H,6,12H2,1-3H3. The minimum atomic E-state index is 0.242. The summed E-state index contributed by atoms with van der Waals surface area (Å²) in [5.41, 5.74) is 7.26. The minimum Gasteiger partial charge on any atom is -0.496 e. The van der Waals surface area contributed by atoms with Crippen LogP contribution >= 0.6 is 0 Å². The van der Waals surface area contributed by atoms with Crippen molar-refractivity contribution in [1.29, 1.82) is 0 Å². The molecular weight excluding hydrogens is 234 g/mol. The van der Waals surface area contributed by atoms with Crippen LogP contribution in [0.4, 0.5) is 0 Å². The zero-order chi connectivity index (χ0) is 13.1. The maximum absolute atomic E-state index is 5.59. The number of hydrogen-bond donors (Lipinski definition) is 1. The SMILES string of the molecule is COc1cc(-n2nnnc2CN)c(OC)cc1C. The number of aryl methyl sites for hydroxylation is 1. The first-order chi connectivity index (χ1) is 8.71. The Morgan fingerprint density at radius 1 is 1.22 bits per heavy atom. The largest absolute Gasteiger partial charge is 0.496 e. The fraction of sp³-hybridized carbons (Fsp3) is 0.364. The molecule has 0 aliphatic rings. The van der Waals surface area contributed by atoms with Crippen LogP contribution in [0.15, 0.2) is 12.1 Å². The number of methoxy groups -OCH3 is 2. The highest BCUT2D eigenvalue weighted by Gasteiger charge is 2.14. The molecule has 0 radical (unpaired) electrons. The second kappa shape index (κ2) is 5.01. The molecule has 0 bridgehead atoms. The summed E-state index contributed by atoms with van der Waals surface area (Å²) in [6.07, 6.45) is 0. The Hall–Kier alpha value is -2.15. The summed E-state index contributed by atoms with van der Waals surface area (Å²) < 4.78 is 12.2. The van der Waals surface area contributed by atoms with Gasteiger partial charge in [-0.3, -0.25) is 0 Å². The minimum absolute atomic E-state index is 0.242. The molecule has 0 unspecified atom stereocenters. The molecule has 96 valence electrons. The number of aromatic nitrogens is 4. The third kappa shape index (κ3) is 2.00. The molecule has 0 atom stereocenters. The molecule has 18 heavy (non-hydrogen) atoms. The number of hydrogen-bond acceptors (Lipinski definition) is 6. The van der Waals surface area contributed by atoms with Gasteiger partial charge in [-0.05, 0) is 29.0 Å². The summed E-state index contributed by atoms with van der Waals surface area (Å²) in [6, 6.07) is 3.69. The molecule has 2 aromatic rings. The van der Waals surface area contributed by atoms with Gasteiger partial charge in [0.2, 0.25) is 0 Å². The molecule has 1 aromatic carbocycles. The van der Waals surface area contributed by atoms with Crippen molar-refractivity contribution < 1.29 is 9.47 Å². The average molecular weight is 249 g/mol. The molecule has 2 N–H and O–H groups in total. The fourth-order valence-electron chi connectivity index (χ4n) is 1.72. The van der Waals surface area contributed by atoms with Crippen LogP contribution in [0.5, 0.6) is 11.5 Å². The summed E-state index contributed by atoms with van der Waals surface area (Å²) >= 11 is 0. The predicted octanol–water partition coefficient (Wildman–Crippen LogP) is 0.447. The Kier molecular flexibility index (Phi) is 3.42. The van der Waals surface area contributed by atoms with Gasteiger partial charge >= 0.3 is 0 Å². The third-order valence-corrected chi connectivity index (χ3v) is 2.64. The molecule has 0 aliphatic carbocycles. The summed E-state index contributed by atoms with van der Waals surface area (Å²) in [4.78, 5) is 0. The van der Waals surface area contributed by atoms with Gasteiger partial charge in [0.25, 0.3) is 0 Å². The van der Waals surface area contributed by atoms with E-state index in [0.29, 0.717) is 17.3 Å². The van der Waals surface area contributed by atoms with E-state index in [0.717, 1.165) is 11.3 Å². The van der Waals surface area contributed by atoms with Crippen molar-refractivity contribution in [3.8, 4) is 17.2 Å². The molecule has 2 rings (SSSR count). The van der Waals surface area contributed by atoms with Crippen LogP contribution in [0.2, 0.25) is 0 Å². The molecule has 0 spiro atoms. The Morgan fingerprint density at radius 3 is 2.56 bits per heavy atom. The number of tetrazole rings is 1.